The zero-order chi connectivity index (χ0) is 21.6. The molecule has 3 heterocycles. The van der Waals surface area contributed by atoms with Gasteiger partial charge in [0.15, 0.2) is 5.82 Å². The first-order valence-corrected chi connectivity index (χ1v) is 11.3. The van der Waals surface area contributed by atoms with E-state index >= 15 is 0 Å². The average molecular weight is 425 g/mol. The predicted molar refractivity (Wildman–Crippen MR) is 121 cm³/mol. The number of nitrogen functional groups attached to an aromatic ring is 1. The van der Waals surface area contributed by atoms with Crippen LogP contribution in [0, 0.1) is 0 Å². The van der Waals surface area contributed by atoms with Crippen molar-refractivity contribution in [3.05, 3.63) is 41.1 Å². The summed E-state index contributed by atoms with van der Waals surface area (Å²) in [6.45, 7) is 7.03. The molecule has 0 saturated carbocycles. The highest BCUT2D eigenvalue weighted by Gasteiger charge is 2.27. The van der Waals surface area contributed by atoms with Gasteiger partial charge in [0.2, 0.25) is 0 Å². The van der Waals surface area contributed by atoms with E-state index in [0.717, 1.165) is 25.8 Å². The van der Waals surface area contributed by atoms with Gasteiger partial charge >= 0.3 is 12.0 Å². The van der Waals surface area contributed by atoms with Crippen LogP contribution >= 0.6 is 0 Å². The van der Waals surface area contributed by atoms with E-state index in [0.29, 0.717) is 31.1 Å². The molecule has 4 rings (SSSR count). The number of hydrogen-bond donors (Lipinski definition) is 2. The third-order valence-corrected chi connectivity index (χ3v) is 5.85. The van der Waals surface area contributed by atoms with E-state index in [1.165, 1.54) is 37.1 Å². The molecule has 8 nitrogen and oxygen atoms in total. The number of rotatable bonds is 9. The van der Waals surface area contributed by atoms with Gasteiger partial charge in [-0.3, -0.25) is 4.90 Å². The van der Waals surface area contributed by atoms with Crippen molar-refractivity contribution in [2.75, 3.05) is 37.3 Å². The molecular formula is C23H32N6O2. The van der Waals surface area contributed by atoms with Crippen molar-refractivity contribution < 1.29 is 9.53 Å². The van der Waals surface area contributed by atoms with Crippen molar-refractivity contribution in [3.8, 4) is 6.01 Å². The molecule has 8 heteroatoms. The molecule has 166 valence electrons. The normalized spacial score (nSPS) is 16.3. The van der Waals surface area contributed by atoms with Crippen LogP contribution in [0.2, 0.25) is 0 Å². The smallest absolute Gasteiger partial charge is 0.322 e. The maximum Gasteiger partial charge on any atom is 0.322 e. The van der Waals surface area contributed by atoms with Crippen molar-refractivity contribution in [3.63, 3.8) is 0 Å². The second kappa shape index (κ2) is 9.96. The van der Waals surface area contributed by atoms with Gasteiger partial charge in [-0.15, -0.1) is 0 Å². The van der Waals surface area contributed by atoms with Gasteiger partial charge in [-0.1, -0.05) is 37.6 Å². The minimum Gasteiger partial charge on any atom is -0.463 e. The number of hydrogen-bond acceptors (Lipinski definition) is 6. The molecule has 1 fully saturated rings. The molecule has 0 spiro atoms. The summed E-state index contributed by atoms with van der Waals surface area (Å²) in [7, 11) is 0. The number of nitrogens with two attached hydrogens (primary N) is 1. The van der Waals surface area contributed by atoms with Gasteiger partial charge in [0.05, 0.1) is 18.8 Å². The number of ether oxygens (including phenoxy) is 1. The molecule has 0 unspecified atom stereocenters. The number of carbonyl (C=O) groups excluding carboxylic acids is 1. The molecule has 0 bridgehead atoms. The van der Waals surface area contributed by atoms with Crippen molar-refractivity contribution in [1.29, 1.82) is 0 Å². The van der Waals surface area contributed by atoms with Gasteiger partial charge in [-0.05, 0) is 49.9 Å². The van der Waals surface area contributed by atoms with Crippen LogP contribution in [0.25, 0.3) is 0 Å². The number of anilines is 2. The summed E-state index contributed by atoms with van der Waals surface area (Å²) in [5.41, 5.74) is 9.80. The third-order valence-electron chi connectivity index (χ3n) is 5.85. The fourth-order valence-electron chi connectivity index (χ4n) is 4.09. The molecule has 0 atom stereocenters. The van der Waals surface area contributed by atoms with Gasteiger partial charge in [0.25, 0.3) is 0 Å². The summed E-state index contributed by atoms with van der Waals surface area (Å²) in [5.74, 6) is 0.249. The Morgan fingerprint density at radius 3 is 2.81 bits per heavy atom. The van der Waals surface area contributed by atoms with Crippen LogP contribution in [0.3, 0.4) is 0 Å². The number of likely N-dealkylation sites (tertiary alicyclic amines) is 1. The summed E-state index contributed by atoms with van der Waals surface area (Å²) in [6.07, 6.45) is 5.34. The Labute approximate surface area is 183 Å². The zero-order valence-electron chi connectivity index (χ0n) is 18.3. The number of aromatic nitrogens is 2. The largest absolute Gasteiger partial charge is 0.463 e. The number of nitrogens with zero attached hydrogens (tertiary/aromatic N) is 4. The van der Waals surface area contributed by atoms with Gasteiger partial charge in [0.1, 0.15) is 5.69 Å². The molecule has 0 radical (unpaired) electrons. The molecule has 2 aliphatic rings. The van der Waals surface area contributed by atoms with Crippen LogP contribution in [0.5, 0.6) is 6.01 Å². The van der Waals surface area contributed by atoms with Crippen LogP contribution in [0.1, 0.15) is 49.4 Å². The van der Waals surface area contributed by atoms with Gasteiger partial charge < -0.3 is 20.7 Å². The van der Waals surface area contributed by atoms with Crippen LogP contribution in [0.4, 0.5) is 16.3 Å². The lowest BCUT2D eigenvalue weighted by Crippen LogP contribution is -2.40. The SMILES string of the molecule is CCCCOc1nc(N)c2c(n1)CN(CCc1cccc(CN3CCCC3)c1)C(=O)N2. The van der Waals surface area contributed by atoms with Gasteiger partial charge in [-0.2, -0.15) is 9.97 Å². The molecular weight excluding hydrogens is 392 g/mol. The quantitative estimate of drug-likeness (QED) is 0.599. The topological polar surface area (TPSA) is 96.6 Å². The van der Waals surface area contributed by atoms with Crippen molar-refractivity contribution >= 4 is 17.5 Å². The van der Waals surface area contributed by atoms with Gasteiger partial charge in [-0.25, -0.2) is 4.79 Å². The lowest BCUT2D eigenvalue weighted by molar-refractivity contribution is 0.205. The minimum atomic E-state index is -0.171. The Balaban J connectivity index is 1.38. The maximum atomic E-state index is 12.6. The Morgan fingerprint density at radius 1 is 1.19 bits per heavy atom. The van der Waals surface area contributed by atoms with E-state index < -0.39 is 0 Å². The second-order valence-corrected chi connectivity index (χ2v) is 8.32. The van der Waals surface area contributed by atoms with Crippen molar-refractivity contribution in [2.45, 2.75) is 52.1 Å². The summed E-state index contributed by atoms with van der Waals surface area (Å²) in [4.78, 5) is 25.5. The fourth-order valence-corrected chi connectivity index (χ4v) is 4.09. The molecule has 2 aliphatic heterocycles. The van der Waals surface area contributed by atoms with E-state index in [1.54, 1.807) is 4.90 Å². The summed E-state index contributed by atoms with van der Waals surface area (Å²) in [5, 5.41) is 2.84. The third kappa shape index (κ3) is 5.44. The average Bonchev–Trinajstić information content (AvgIpc) is 3.26. The molecule has 31 heavy (non-hydrogen) atoms. The standard InChI is InChI=1S/C23H32N6O2/c1-2-3-13-31-22-25-19-16-29(23(30)26-20(19)21(24)27-22)12-9-17-7-6-8-18(14-17)15-28-10-4-5-11-28/h6-8,14H,2-5,9-13,15-16H2,1H3,(H,26,30)(H2,24,25,27). The Kier molecular flexibility index (Phi) is 6.86. The number of amides is 2. The molecule has 3 N–H and O–H groups in total. The highest BCUT2D eigenvalue weighted by Crippen LogP contribution is 2.28. The number of urea groups is 1. The molecule has 1 aromatic carbocycles. The predicted octanol–water partition coefficient (Wildman–Crippen LogP) is 3.42. The second-order valence-electron chi connectivity index (χ2n) is 8.32. The van der Waals surface area contributed by atoms with Crippen LogP contribution in [-0.2, 0) is 19.5 Å². The first-order valence-electron chi connectivity index (χ1n) is 11.3. The van der Waals surface area contributed by atoms with E-state index in [-0.39, 0.29) is 17.9 Å². The monoisotopic (exact) mass is 424 g/mol. The van der Waals surface area contributed by atoms with Crippen molar-refractivity contribution in [1.82, 2.24) is 19.8 Å². The summed E-state index contributed by atoms with van der Waals surface area (Å²) < 4.78 is 5.61. The lowest BCUT2D eigenvalue weighted by Gasteiger charge is -2.29. The Morgan fingerprint density at radius 2 is 2.00 bits per heavy atom. The van der Waals surface area contributed by atoms with E-state index in [9.17, 15) is 4.79 Å². The van der Waals surface area contributed by atoms with E-state index in [1.807, 2.05) is 0 Å². The Hall–Kier alpha value is -2.87. The highest BCUT2D eigenvalue weighted by molar-refractivity contribution is 5.94. The van der Waals surface area contributed by atoms with E-state index in [2.05, 4.69) is 51.4 Å². The molecule has 2 aromatic rings. The minimum absolute atomic E-state index is 0.171. The van der Waals surface area contributed by atoms with Crippen LogP contribution in [-0.4, -0.2) is 52.0 Å². The fraction of sp³-hybridized carbons (Fsp3) is 0.522. The lowest BCUT2D eigenvalue weighted by atomic mass is 10.1. The first-order chi connectivity index (χ1) is 15.1. The first kappa shape index (κ1) is 21.4. The summed E-state index contributed by atoms with van der Waals surface area (Å²) >= 11 is 0. The summed E-state index contributed by atoms with van der Waals surface area (Å²) in [6, 6.07) is 8.79. The zero-order valence-corrected chi connectivity index (χ0v) is 18.3. The molecule has 1 saturated heterocycles. The molecule has 0 aliphatic carbocycles. The number of unbranched alkanes of at least 4 members (excludes halogenated alkanes) is 1. The maximum absolute atomic E-state index is 12.6. The highest BCUT2D eigenvalue weighted by atomic mass is 16.5. The Bertz CT molecular complexity index is 913. The number of fused-ring (bicyclic) bond motifs is 1. The number of nitrogens with one attached hydrogen (secondary N) is 1. The molecule has 1 aromatic heterocycles. The van der Waals surface area contributed by atoms with Crippen molar-refractivity contribution in [2.24, 2.45) is 0 Å². The van der Waals surface area contributed by atoms with Crippen LogP contribution < -0.4 is 15.8 Å². The molecule has 2 amide bonds. The number of carbonyl (C=O) groups is 1. The number of benzene rings is 1. The van der Waals surface area contributed by atoms with Crippen LogP contribution in [0.15, 0.2) is 24.3 Å². The van der Waals surface area contributed by atoms with Gasteiger partial charge in [0, 0.05) is 13.1 Å². The van der Waals surface area contributed by atoms with E-state index in [4.69, 9.17) is 10.5 Å².